The molecule has 0 aliphatic heterocycles. The number of fused-ring (bicyclic) bond motifs is 4. The van der Waals surface area contributed by atoms with Gasteiger partial charge in [0.15, 0.2) is 0 Å². The van der Waals surface area contributed by atoms with Crippen LogP contribution in [-0.4, -0.2) is 4.98 Å². The summed E-state index contributed by atoms with van der Waals surface area (Å²) in [6.45, 7) is 0. The standard InChI is InChI=1S/C51H33N/c1-3-15-36(16-4-1)43-29-30-48(52-51(43)37-17-5-2-6-18-37)40-27-28-46-47(33-40)50(42-26-24-35-14-8-10-20-39(35)32-42)45-22-12-11-21-44(45)49(46)41-25-23-34-13-7-9-19-38(34)31-41/h1-33H. The summed E-state index contributed by atoms with van der Waals surface area (Å²) in [5.74, 6) is 0. The molecular weight excluding hydrogens is 627 g/mol. The van der Waals surface area contributed by atoms with Gasteiger partial charge in [0.25, 0.3) is 0 Å². The van der Waals surface area contributed by atoms with Crippen LogP contribution >= 0.6 is 0 Å². The molecular formula is C51H33N. The van der Waals surface area contributed by atoms with Crippen molar-refractivity contribution in [3.8, 4) is 55.9 Å². The molecule has 10 rings (SSSR count). The van der Waals surface area contributed by atoms with Crippen molar-refractivity contribution in [3.05, 3.63) is 200 Å². The van der Waals surface area contributed by atoms with Crippen molar-refractivity contribution < 1.29 is 0 Å². The zero-order valence-electron chi connectivity index (χ0n) is 28.5. The van der Waals surface area contributed by atoms with E-state index >= 15 is 0 Å². The highest BCUT2D eigenvalue weighted by molar-refractivity contribution is 6.22. The van der Waals surface area contributed by atoms with Crippen molar-refractivity contribution in [1.29, 1.82) is 0 Å². The van der Waals surface area contributed by atoms with Crippen molar-refractivity contribution in [2.45, 2.75) is 0 Å². The molecule has 242 valence electrons. The molecule has 1 heteroatoms. The molecule has 1 nitrogen and oxygen atoms in total. The first-order valence-electron chi connectivity index (χ1n) is 17.9. The minimum absolute atomic E-state index is 0.949. The molecule has 1 aromatic heterocycles. The van der Waals surface area contributed by atoms with E-state index < -0.39 is 0 Å². The lowest BCUT2D eigenvalue weighted by atomic mass is 9.84. The Labute approximate surface area is 303 Å². The van der Waals surface area contributed by atoms with E-state index in [0.717, 1.165) is 33.6 Å². The van der Waals surface area contributed by atoms with Crippen LogP contribution in [0.4, 0.5) is 0 Å². The van der Waals surface area contributed by atoms with Gasteiger partial charge in [0.05, 0.1) is 11.4 Å². The van der Waals surface area contributed by atoms with Gasteiger partial charge < -0.3 is 0 Å². The van der Waals surface area contributed by atoms with Crippen molar-refractivity contribution in [1.82, 2.24) is 4.98 Å². The highest BCUT2D eigenvalue weighted by atomic mass is 14.7. The largest absolute Gasteiger partial charge is 0.247 e. The molecule has 0 saturated heterocycles. The zero-order valence-corrected chi connectivity index (χ0v) is 28.5. The van der Waals surface area contributed by atoms with Crippen LogP contribution in [0.2, 0.25) is 0 Å². The first-order valence-corrected chi connectivity index (χ1v) is 17.9. The average Bonchev–Trinajstić information content (AvgIpc) is 3.22. The Balaban J connectivity index is 1.27. The van der Waals surface area contributed by atoms with Gasteiger partial charge in [-0.25, -0.2) is 4.98 Å². The van der Waals surface area contributed by atoms with Gasteiger partial charge in [-0.3, -0.25) is 0 Å². The van der Waals surface area contributed by atoms with E-state index in [2.05, 4.69) is 200 Å². The zero-order chi connectivity index (χ0) is 34.4. The van der Waals surface area contributed by atoms with Crippen LogP contribution in [0, 0.1) is 0 Å². The van der Waals surface area contributed by atoms with E-state index in [0.29, 0.717) is 0 Å². The normalized spacial score (nSPS) is 11.5. The minimum atomic E-state index is 0.949. The third kappa shape index (κ3) is 5.14. The highest BCUT2D eigenvalue weighted by Gasteiger charge is 2.19. The number of hydrogen-bond acceptors (Lipinski definition) is 1. The Hall–Kier alpha value is -6.83. The van der Waals surface area contributed by atoms with Gasteiger partial charge in [-0.1, -0.05) is 176 Å². The fraction of sp³-hybridized carbons (Fsp3) is 0. The number of hydrogen-bond donors (Lipinski definition) is 0. The Morgan fingerprint density at radius 2 is 0.750 bits per heavy atom. The van der Waals surface area contributed by atoms with E-state index in [1.807, 2.05) is 0 Å². The molecule has 0 bridgehead atoms. The summed E-state index contributed by atoms with van der Waals surface area (Å²) >= 11 is 0. The Morgan fingerprint density at radius 3 is 1.37 bits per heavy atom. The van der Waals surface area contributed by atoms with Crippen LogP contribution in [0.15, 0.2) is 200 Å². The number of nitrogens with zero attached hydrogens (tertiary/aromatic N) is 1. The van der Waals surface area contributed by atoms with Crippen molar-refractivity contribution in [2.24, 2.45) is 0 Å². The summed E-state index contributed by atoms with van der Waals surface area (Å²) in [6, 6.07) is 72.4. The lowest BCUT2D eigenvalue weighted by molar-refractivity contribution is 1.32. The molecule has 0 amide bonds. The Bertz CT molecular complexity index is 2940. The summed E-state index contributed by atoms with van der Waals surface area (Å²) in [7, 11) is 0. The van der Waals surface area contributed by atoms with Crippen LogP contribution in [-0.2, 0) is 0 Å². The van der Waals surface area contributed by atoms with Gasteiger partial charge in [0.2, 0.25) is 0 Å². The molecule has 10 aromatic rings. The molecule has 0 unspecified atom stereocenters. The lowest BCUT2D eigenvalue weighted by Crippen LogP contribution is -1.94. The van der Waals surface area contributed by atoms with Gasteiger partial charge in [-0.15, -0.1) is 0 Å². The average molecular weight is 660 g/mol. The summed E-state index contributed by atoms with van der Waals surface area (Å²) in [6.07, 6.45) is 0. The molecule has 0 aliphatic carbocycles. The second-order valence-electron chi connectivity index (χ2n) is 13.5. The van der Waals surface area contributed by atoms with E-state index in [4.69, 9.17) is 4.98 Å². The van der Waals surface area contributed by atoms with Crippen LogP contribution < -0.4 is 0 Å². The number of benzene rings is 9. The second-order valence-corrected chi connectivity index (χ2v) is 13.5. The maximum absolute atomic E-state index is 5.42. The van der Waals surface area contributed by atoms with Crippen LogP contribution in [0.3, 0.4) is 0 Å². The molecule has 52 heavy (non-hydrogen) atoms. The van der Waals surface area contributed by atoms with Gasteiger partial charge in [-0.05, 0) is 95.2 Å². The summed E-state index contributed by atoms with van der Waals surface area (Å²) in [4.78, 5) is 5.42. The smallest absolute Gasteiger partial charge is 0.0787 e. The van der Waals surface area contributed by atoms with Gasteiger partial charge in [0, 0.05) is 16.7 Å². The summed E-state index contributed by atoms with van der Waals surface area (Å²) < 4.78 is 0. The van der Waals surface area contributed by atoms with Gasteiger partial charge >= 0.3 is 0 Å². The molecule has 1 heterocycles. The molecule has 9 aromatic carbocycles. The topological polar surface area (TPSA) is 12.9 Å². The van der Waals surface area contributed by atoms with E-state index in [-0.39, 0.29) is 0 Å². The van der Waals surface area contributed by atoms with Gasteiger partial charge in [0.1, 0.15) is 0 Å². The SMILES string of the molecule is c1ccc(-c2ccc(-c3ccc4c(-c5ccc6ccccc6c5)c5ccccc5c(-c5ccc6ccccc6c5)c4c3)nc2-c2ccccc2)cc1. The summed E-state index contributed by atoms with van der Waals surface area (Å²) in [5.41, 5.74) is 11.3. The second kappa shape index (κ2) is 12.5. The predicted molar refractivity (Wildman–Crippen MR) is 221 cm³/mol. The molecule has 0 saturated carbocycles. The minimum Gasteiger partial charge on any atom is -0.247 e. The van der Waals surface area contributed by atoms with Crippen molar-refractivity contribution in [2.75, 3.05) is 0 Å². The number of aromatic nitrogens is 1. The summed E-state index contributed by atoms with van der Waals surface area (Å²) in [5, 5.41) is 9.88. The fourth-order valence-corrected chi connectivity index (χ4v) is 7.94. The van der Waals surface area contributed by atoms with E-state index in [1.54, 1.807) is 0 Å². The van der Waals surface area contributed by atoms with E-state index in [9.17, 15) is 0 Å². The molecule has 0 atom stereocenters. The number of pyridine rings is 1. The maximum Gasteiger partial charge on any atom is 0.0787 e. The molecule has 0 N–H and O–H groups in total. The first-order chi connectivity index (χ1) is 25.8. The molecule has 0 fully saturated rings. The third-order valence-electron chi connectivity index (χ3n) is 10.4. The maximum atomic E-state index is 5.42. The predicted octanol–water partition coefficient (Wildman–Crippen LogP) is 14.0. The Kier molecular flexibility index (Phi) is 7.22. The van der Waals surface area contributed by atoms with E-state index in [1.165, 1.54) is 65.3 Å². The molecule has 0 aliphatic rings. The molecule has 0 spiro atoms. The van der Waals surface area contributed by atoms with Crippen LogP contribution in [0.5, 0.6) is 0 Å². The van der Waals surface area contributed by atoms with Crippen LogP contribution in [0.25, 0.3) is 99.0 Å². The first kappa shape index (κ1) is 30.0. The van der Waals surface area contributed by atoms with Crippen LogP contribution in [0.1, 0.15) is 0 Å². The van der Waals surface area contributed by atoms with Crippen molar-refractivity contribution >= 4 is 43.1 Å². The lowest BCUT2D eigenvalue weighted by Gasteiger charge is -2.19. The van der Waals surface area contributed by atoms with Gasteiger partial charge in [-0.2, -0.15) is 0 Å². The monoisotopic (exact) mass is 659 g/mol. The quantitative estimate of drug-likeness (QED) is 0.168. The third-order valence-corrected chi connectivity index (χ3v) is 10.4. The highest BCUT2D eigenvalue weighted by Crippen LogP contribution is 2.46. The Morgan fingerprint density at radius 1 is 0.269 bits per heavy atom. The molecule has 0 radical (unpaired) electrons. The van der Waals surface area contributed by atoms with Crippen molar-refractivity contribution in [3.63, 3.8) is 0 Å². The number of rotatable bonds is 5. The fourth-order valence-electron chi connectivity index (χ4n) is 7.94.